The standard InChI is InChI=1S/C11H14ClN/c1-8(7-9(2)13)10-3-5-11(12)6-4-10/h3-6,9H,1,7,13H2,2H3. The minimum absolute atomic E-state index is 0.156. The average Bonchev–Trinajstić information content (AvgIpc) is 2.04. The first-order valence-electron chi connectivity index (χ1n) is 4.29. The van der Waals surface area contributed by atoms with Crippen molar-refractivity contribution in [3.63, 3.8) is 0 Å². The lowest BCUT2D eigenvalue weighted by Gasteiger charge is -2.08. The largest absolute Gasteiger partial charge is 0.328 e. The van der Waals surface area contributed by atoms with Gasteiger partial charge in [0.1, 0.15) is 0 Å². The van der Waals surface area contributed by atoms with E-state index in [9.17, 15) is 0 Å². The summed E-state index contributed by atoms with van der Waals surface area (Å²) in [6.45, 7) is 5.94. The van der Waals surface area contributed by atoms with Gasteiger partial charge in [0.05, 0.1) is 0 Å². The van der Waals surface area contributed by atoms with E-state index in [1.807, 2.05) is 31.2 Å². The summed E-state index contributed by atoms with van der Waals surface area (Å²) in [4.78, 5) is 0. The van der Waals surface area contributed by atoms with Crippen LogP contribution in [-0.4, -0.2) is 6.04 Å². The van der Waals surface area contributed by atoms with Crippen molar-refractivity contribution in [1.29, 1.82) is 0 Å². The number of benzene rings is 1. The fourth-order valence-electron chi connectivity index (χ4n) is 1.19. The van der Waals surface area contributed by atoms with Crippen LogP contribution >= 0.6 is 11.6 Å². The number of hydrogen-bond donors (Lipinski definition) is 1. The second-order valence-electron chi connectivity index (χ2n) is 3.29. The maximum absolute atomic E-state index is 5.77. The molecule has 0 aliphatic heterocycles. The van der Waals surface area contributed by atoms with Crippen molar-refractivity contribution in [2.24, 2.45) is 5.73 Å². The molecule has 1 aromatic carbocycles. The molecule has 0 aromatic heterocycles. The van der Waals surface area contributed by atoms with Crippen LogP contribution in [0.4, 0.5) is 0 Å². The van der Waals surface area contributed by atoms with Crippen molar-refractivity contribution in [3.05, 3.63) is 41.4 Å². The van der Waals surface area contributed by atoms with Crippen LogP contribution in [0.1, 0.15) is 18.9 Å². The number of rotatable bonds is 3. The SMILES string of the molecule is C=C(CC(C)N)c1ccc(Cl)cc1. The molecule has 1 rings (SSSR count). The highest BCUT2D eigenvalue weighted by Crippen LogP contribution is 2.19. The predicted molar refractivity (Wildman–Crippen MR) is 58.8 cm³/mol. The fraction of sp³-hybridized carbons (Fsp3) is 0.273. The second-order valence-corrected chi connectivity index (χ2v) is 3.73. The molecule has 2 N–H and O–H groups in total. The summed E-state index contributed by atoms with van der Waals surface area (Å²) in [5.41, 5.74) is 7.85. The van der Waals surface area contributed by atoms with Crippen LogP contribution in [0.5, 0.6) is 0 Å². The Morgan fingerprint density at radius 3 is 2.46 bits per heavy atom. The summed E-state index contributed by atoms with van der Waals surface area (Å²) in [6, 6.07) is 7.82. The Kier molecular flexibility index (Phi) is 3.52. The lowest BCUT2D eigenvalue weighted by Crippen LogP contribution is -2.14. The van der Waals surface area contributed by atoms with Crippen LogP contribution in [0, 0.1) is 0 Å². The van der Waals surface area contributed by atoms with E-state index >= 15 is 0 Å². The molecule has 0 aliphatic rings. The molecule has 2 heteroatoms. The molecule has 70 valence electrons. The quantitative estimate of drug-likeness (QED) is 0.788. The summed E-state index contributed by atoms with van der Waals surface area (Å²) in [6.07, 6.45) is 0.821. The van der Waals surface area contributed by atoms with E-state index in [1.165, 1.54) is 0 Å². The van der Waals surface area contributed by atoms with E-state index in [0.717, 1.165) is 22.6 Å². The van der Waals surface area contributed by atoms with Gasteiger partial charge in [-0.2, -0.15) is 0 Å². The van der Waals surface area contributed by atoms with Gasteiger partial charge in [-0.3, -0.25) is 0 Å². The maximum Gasteiger partial charge on any atom is 0.0406 e. The monoisotopic (exact) mass is 195 g/mol. The molecule has 0 saturated heterocycles. The van der Waals surface area contributed by atoms with Gasteiger partial charge in [0.25, 0.3) is 0 Å². The summed E-state index contributed by atoms with van der Waals surface area (Å²) in [5.74, 6) is 0. The van der Waals surface area contributed by atoms with Crippen molar-refractivity contribution >= 4 is 17.2 Å². The predicted octanol–water partition coefficient (Wildman–Crippen LogP) is 3.09. The Balaban J connectivity index is 2.72. The lowest BCUT2D eigenvalue weighted by molar-refractivity contribution is 0.768. The molecule has 0 fully saturated rings. The highest BCUT2D eigenvalue weighted by molar-refractivity contribution is 6.30. The van der Waals surface area contributed by atoms with Gasteiger partial charge < -0.3 is 5.73 Å². The molecular weight excluding hydrogens is 182 g/mol. The highest BCUT2D eigenvalue weighted by atomic mass is 35.5. The Labute approximate surface area is 84.2 Å². The first-order valence-corrected chi connectivity index (χ1v) is 4.66. The third kappa shape index (κ3) is 3.21. The molecule has 1 nitrogen and oxygen atoms in total. The molecule has 0 spiro atoms. The Morgan fingerprint density at radius 1 is 1.46 bits per heavy atom. The third-order valence-electron chi connectivity index (χ3n) is 1.82. The number of nitrogens with two attached hydrogens (primary N) is 1. The maximum atomic E-state index is 5.77. The molecule has 1 aromatic rings. The van der Waals surface area contributed by atoms with Crippen LogP contribution in [0.2, 0.25) is 5.02 Å². The number of halogens is 1. The van der Waals surface area contributed by atoms with E-state index in [-0.39, 0.29) is 6.04 Å². The normalized spacial score (nSPS) is 12.5. The molecule has 0 radical (unpaired) electrons. The van der Waals surface area contributed by atoms with Gasteiger partial charge in [0, 0.05) is 11.1 Å². The smallest absolute Gasteiger partial charge is 0.0406 e. The van der Waals surface area contributed by atoms with Gasteiger partial charge in [0.15, 0.2) is 0 Å². The van der Waals surface area contributed by atoms with Crippen molar-refractivity contribution in [2.75, 3.05) is 0 Å². The Morgan fingerprint density at radius 2 is 2.00 bits per heavy atom. The lowest BCUT2D eigenvalue weighted by atomic mass is 10.0. The Hall–Kier alpha value is -0.790. The molecule has 1 unspecified atom stereocenters. The summed E-state index contributed by atoms with van der Waals surface area (Å²) in [7, 11) is 0. The first-order chi connectivity index (χ1) is 6.09. The van der Waals surface area contributed by atoms with Crippen LogP contribution in [0.15, 0.2) is 30.8 Å². The molecule has 0 amide bonds. The summed E-state index contributed by atoms with van der Waals surface area (Å²) in [5, 5.41) is 0.748. The van der Waals surface area contributed by atoms with Crippen molar-refractivity contribution in [3.8, 4) is 0 Å². The minimum atomic E-state index is 0.156. The van der Waals surface area contributed by atoms with Crippen LogP contribution in [-0.2, 0) is 0 Å². The number of hydrogen-bond acceptors (Lipinski definition) is 1. The van der Waals surface area contributed by atoms with Gasteiger partial charge in [-0.1, -0.05) is 30.3 Å². The fourth-order valence-corrected chi connectivity index (χ4v) is 1.32. The third-order valence-corrected chi connectivity index (χ3v) is 2.07. The van der Waals surface area contributed by atoms with Gasteiger partial charge in [-0.05, 0) is 36.6 Å². The topological polar surface area (TPSA) is 26.0 Å². The van der Waals surface area contributed by atoms with Gasteiger partial charge >= 0.3 is 0 Å². The van der Waals surface area contributed by atoms with Crippen LogP contribution in [0.3, 0.4) is 0 Å². The molecule has 0 heterocycles. The van der Waals surface area contributed by atoms with Gasteiger partial charge in [-0.15, -0.1) is 0 Å². The Bertz CT molecular complexity index is 287. The van der Waals surface area contributed by atoms with Crippen LogP contribution in [0.25, 0.3) is 5.57 Å². The first kappa shape index (κ1) is 10.3. The van der Waals surface area contributed by atoms with Crippen molar-refractivity contribution < 1.29 is 0 Å². The summed E-state index contributed by atoms with van der Waals surface area (Å²) >= 11 is 5.77. The van der Waals surface area contributed by atoms with E-state index in [2.05, 4.69) is 6.58 Å². The van der Waals surface area contributed by atoms with Gasteiger partial charge in [-0.25, -0.2) is 0 Å². The molecule has 0 aliphatic carbocycles. The molecule has 0 saturated carbocycles. The van der Waals surface area contributed by atoms with E-state index in [0.29, 0.717) is 0 Å². The van der Waals surface area contributed by atoms with E-state index in [1.54, 1.807) is 0 Å². The molecular formula is C11H14ClN. The van der Waals surface area contributed by atoms with Crippen molar-refractivity contribution in [1.82, 2.24) is 0 Å². The van der Waals surface area contributed by atoms with Crippen molar-refractivity contribution in [2.45, 2.75) is 19.4 Å². The van der Waals surface area contributed by atoms with Crippen LogP contribution < -0.4 is 5.73 Å². The zero-order chi connectivity index (χ0) is 9.84. The average molecular weight is 196 g/mol. The second kappa shape index (κ2) is 4.45. The minimum Gasteiger partial charge on any atom is -0.328 e. The zero-order valence-electron chi connectivity index (χ0n) is 7.76. The molecule has 13 heavy (non-hydrogen) atoms. The van der Waals surface area contributed by atoms with E-state index < -0.39 is 0 Å². The summed E-state index contributed by atoms with van der Waals surface area (Å²) < 4.78 is 0. The molecule has 1 atom stereocenters. The highest BCUT2D eigenvalue weighted by Gasteiger charge is 2.01. The molecule has 0 bridgehead atoms. The van der Waals surface area contributed by atoms with E-state index in [4.69, 9.17) is 17.3 Å². The zero-order valence-corrected chi connectivity index (χ0v) is 8.51. The van der Waals surface area contributed by atoms with Gasteiger partial charge in [0.2, 0.25) is 0 Å².